The molecule has 0 aliphatic carbocycles. The van der Waals surface area contributed by atoms with Crippen molar-refractivity contribution < 1.29 is 131 Å². The van der Waals surface area contributed by atoms with Gasteiger partial charge in [0.05, 0.1) is 0 Å². The van der Waals surface area contributed by atoms with E-state index in [2.05, 4.69) is 8.37 Å². The van der Waals surface area contributed by atoms with Crippen molar-refractivity contribution in [1.29, 1.82) is 0 Å². The summed E-state index contributed by atoms with van der Waals surface area (Å²) in [6, 6.07) is 0. The van der Waals surface area contributed by atoms with E-state index in [4.69, 9.17) is 0 Å². The van der Waals surface area contributed by atoms with Crippen molar-refractivity contribution in [3.8, 4) is 0 Å². The Balaban J connectivity index is 3.76. The first kappa shape index (κ1) is 42.0. The minimum atomic E-state index is -8.70. The molecule has 2 rings (SSSR count). The monoisotopic (exact) mass is 812 g/mol. The highest BCUT2D eigenvalue weighted by molar-refractivity contribution is 7.96. The summed E-state index contributed by atoms with van der Waals surface area (Å²) in [5.41, 5.74) is -15.5. The van der Waals surface area contributed by atoms with Crippen LogP contribution in [0.25, 0.3) is 0 Å². The van der Waals surface area contributed by atoms with E-state index in [0.29, 0.717) is 0 Å². The molecule has 0 spiro atoms. The van der Waals surface area contributed by atoms with E-state index in [9.17, 15) is 122 Å². The van der Waals surface area contributed by atoms with Crippen LogP contribution in [-0.2, 0) is 28.6 Å². The van der Waals surface area contributed by atoms with Crippen LogP contribution in [0.1, 0.15) is 0 Å². The summed E-state index contributed by atoms with van der Waals surface area (Å²) in [6.07, 6.45) is -64.7. The van der Waals surface area contributed by atoms with Crippen molar-refractivity contribution >= 4 is 20.2 Å². The summed E-state index contributed by atoms with van der Waals surface area (Å²) in [4.78, 5) is -10.1. The molecule has 2 aliphatic rings. The predicted octanol–water partition coefficient (Wildman–Crippen LogP) is 7.36. The highest BCUT2D eigenvalue weighted by Crippen LogP contribution is 2.72. The maximum absolute atomic E-state index is 13.8. The molecule has 32 heteroatoms. The maximum atomic E-state index is 13.8. The zero-order valence-electron chi connectivity index (χ0n) is 20.6. The van der Waals surface area contributed by atoms with Crippen LogP contribution in [0.4, 0.5) is 105 Å². The Morgan fingerprint density at radius 1 is 0.333 bits per heavy atom. The van der Waals surface area contributed by atoms with Crippen LogP contribution in [0.2, 0.25) is 0 Å². The Labute approximate surface area is 245 Å². The lowest BCUT2D eigenvalue weighted by molar-refractivity contribution is -0.373. The van der Waals surface area contributed by atoms with Crippen LogP contribution in [0.15, 0.2) is 9.81 Å². The molecule has 0 saturated heterocycles. The summed E-state index contributed by atoms with van der Waals surface area (Å²) in [5, 5.41) is 0. The second-order valence-corrected chi connectivity index (χ2v) is 12.4. The summed E-state index contributed by atoms with van der Waals surface area (Å²) >= 11 is 0. The lowest BCUT2D eigenvalue weighted by Gasteiger charge is -2.45. The highest BCUT2D eigenvalue weighted by Gasteiger charge is 2.91. The first-order chi connectivity index (χ1) is 20.4. The van der Waals surface area contributed by atoms with Gasteiger partial charge >= 0.3 is 49.4 Å². The molecule has 284 valence electrons. The van der Waals surface area contributed by atoms with Crippen molar-refractivity contribution in [2.24, 2.45) is 23.7 Å². The van der Waals surface area contributed by atoms with E-state index in [1.165, 1.54) is 0 Å². The molecule has 0 aromatic rings. The minimum absolute atomic E-state index is 2.57. The molecule has 0 aromatic carbocycles. The Kier molecular flexibility index (Phi) is 9.37. The first-order valence-electron chi connectivity index (χ1n) is 10.6. The molecule has 0 N–H and O–H groups in total. The van der Waals surface area contributed by atoms with Gasteiger partial charge in [0.1, 0.15) is 9.81 Å². The fourth-order valence-electron chi connectivity index (χ4n) is 5.23. The van der Waals surface area contributed by atoms with Gasteiger partial charge in [0, 0.05) is 0 Å². The van der Waals surface area contributed by atoms with Crippen LogP contribution in [0.5, 0.6) is 0 Å². The molecule has 2 aliphatic heterocycles. The molecule has 0 radical (unpaired) electrons. The average molecular weight is 812 g/mol. The van der Waals surface area contributed by atoms with E-state index in [0.717, 1.165) is 0 Å². The third-order valence-electron chi connectivity index (χ3n) is 6.25. The number of hydrogen-bond acceptors (Lipinski definition) is 6. The predicted molar refractivity (Wildman–Crippen MR) is 94.9 cm³/mol. The van der Waals surface area contributed by atoms with Gasteiger partial charge < -0.3 is 0 Å². The van der Waals surface area contributed by atoms with Gasteiger partial charge in [-0.05, 0) is 0 Å². The van der Waals surface area contributed by atoms with Gasteiger partial charge in [0.25, 0.3) is 20.2 Å². The van der Waals surface area contributed by atoms with Gasteiger partial charge in [0.2, 0.25) is 0 Å². The second kappa shape index (κ2) is 10.7. The zero-order chi connectivity index (χ0) is 38.9. The van der Waals surface area contributed by atoms with Gasteiger partial charge in [-0.15, -0.1) is 0 Å². The van der Waals surface area contributed by atoms with E-state index < -0.39 is 114 Å². The summed E-state index contributed by atoms with van der Waals surface area (Å²) in [6.45, 7) is 0. The highest BCUT2D eigenvalue weighted by atomic mass is 32.2. The molecular weight excluding hydrogens is 808 g/mol. The van der Waals surface area contributed by atoms with E-state index in [-0.39, 0.29) is 0 Å². The molecule has 0 saturated carbocycles. The molecule has 0 bridgehead atoms. The Morgan fingerprint density at radius 2 is 0.458 bits per heavy atom. The number of hydrogen-bond donors (Lipinski definition) is 0. The largest absolute Gasteiger partial charge is 0.403 e. The number of alkyl halides is 24. The van der Waals surface area contributed by atoms with Crippen molar-refractivity contribution in [3.63, 3.8) is 0 Å². The second-order valence-electron chi connectivity index (χ2n) is 9.38. The van der Waals surface area contributed by atoms with E-state index >= 15 is 0 Å². The minimum Gasteiger partial charge on any atom is -0.252 e. The molecule has 0 atom stereocenters. The summed E-state index contributed by atoms with van der Waals surface area (Å²) in [5.74, 6) is -28.5. The van der Waals surface area contributed by atoms with Gasteiger partial charge in [-0.25, -0.2) is 0 Å². The van der Waals surface area contributed by atoms with Gasteiger partial charge in [-0.3, -0.25) is 8.37 Å². The average Bonchev–Trinajstić information content (AvgIpc) is 2.99. The molecule has 0 fully saturated rings. The van der Waals surface area contributed by atoms with Crippen molar-refractivity contribution in [2.45, 2.75) is 60.6 Å². The number of rotatable bonds is 4. The smallest absolute Gasteiger partial charge is 0.252 e. The fourth-order valence-corrected chi connectivity index (χ4v) is 9.50. The maximum Gasteiger partial charge on any atom is 0.403 e. The lowest BCUT2D eigenvalue weighted by Crippen LogP contribution is -2.66. The summed E-state index contributed by atoms with van der Waals surface area (Å²) in [7, 11) is -17.4. The Morgan fingerprint density at radius 3 is 0.562 bits per heavy atom. The third kappa shape index (κ3) is 6.68. The van der Waals surface area contributed by atoms with E-state index in [1.54, 1.807) is 0 Å². The molecule has 0 unspecified atom stereocenters. The van der Waals surface area contributed by atoms with Crippen LogP contribution in [0, 0.1) is 23.7 Å². The van der Waals surface area contributed by atoms with Gasteiger partial charge in [-0.2, -0.15) is 122 Å². The molecule has 48 heavy (non-hydrogen) atoms. The Hall–Kier alpha value is -2.12. The van der Waals surface area contributed by atoms with Crippen LogP contribution in [-0.4, -0.2) is 77.4 Å². The van der Waals surface area contributed by atoms with Crippen LogP contribution >= 0.6 is 0 Å². The van der Waals surface area contributed by atoms with Crippen molar-refractivity contribution in [3.05, 3.63) is 9.81 Å². The Bertz CT molecular complexity index is 1280. The molecular formula is C16H4F24O6S2. The van der Waals surface area contributed by atoms with Crippen molar-refractivity contribution in [2.75, 3.05) is 0 Å². The van der Waals surface area contributed by atoms with E-state index in [1.807, 2.05) is 0 Å². The van der Waals surface area contributed by atoms with Crippen LogP contribution in [0.3, 0.4) is 0 Å². The molecule has 0 aromatic heterocycles. The SMILES string of the molecule is O=S1(=O)OC(C(C(F)(F)F)C(F)(F)F)(C(C(F)(F)F)C(F)(F)F)C2=C1C(C(C(F)(F)F)C(F)(F)F)(C(C(F)(F)F)C(F)(F)F)OS2(=O)=O. The lowest BCUT2D eigenvalue weighted by atomic mass is 9.70. The topological polar surface area (TPSA) is 86.7 Å². The van der Waals surface area contributed by atoms with Crippen molar-refractivity contribution in [1.82, 2.24) is 0 Å². The molecule has 0 amide bonds. The quantitative estimate of drug-likeness (QED) is 0.218. The standard InChI is InChI=1S/C16H4F24O6S2/c17-9(18,19)3(10(20,21)22)7(4(11(23,24)25)12(26,27)28)1-2(48(43,44)45-7)8(46-47(1,41)42,5(13(29,30)31)14(32,33)34)6(15(35,36)37)16(38,39)40/h3-6H. The van der Waals surface area contributed by atoms with Crippen LogP contribution < -0.4 is 0 Å². The molecule has 6 nitrogen and oxygen atoms in total. The van der Waals surface area contributed by atoms with Gasteiger partial charge in [0.15, 0.2) is 34.9 Å². The van der Waals surface area contributed by atoms with Gasteiger partial charge in [-0.1, -0.05) is 0 Å². The zero-order valence-corrected chi connectivity index (χ0v) is 22.3. The number of halogens is 24. The third-order valence-corrected chi connectivity index (χ3v) is 9.41. The normalized spacial score (nSPS) is 22.4. The fraction of sp³-hybridized carbons (Fsp3) is 0.875. The molecule has 2 heterocycles. The first-order valence-corrected chi connectivity index (χ1v) is 13.4. The summed E-state index contributed by atoms with van der Waals surface area (Å²) < 4.78 is 386.